The predicted octanol–water partition coefficient (Wildman–Crippen LogP) is 3.01. The van der Waals surface area contributed by atoms with Crippen molar-refractivity contribution < 1.29 is 9.53 Å². The molecule has 1 saturated heterocycles. The van der Waals surface area contributed by atoms with Crippen LogP contribution in [0.2, 0.25) is 0 Å². The molecule has 1 aromatic carbocycles. The number of urea groups is 1. The highest BCUT2D eigenvalue weighted by Gasteiger charge is 2.13. The topological polar surface area (TPSA) is 50.4 Å². The molecule has 2 N–H and O–H groups in total. The van der Waals surface area contributed by atoms with E-state index in [0.717, 1.165) is 50.6 Å². The van der Waals surface area contributed by atoms with Gasteiger partial charge in [0.25, 0.3) is 0 Å². The minimum atomic E-state index is -0.127. The zero-order valence-corrected chi connectivity index (χ0v) is 11.2. The molecular formula is C15H22N2O2. The molecule has 4 nitrogen and oxygen atoms in total. The molecular weight excluding hydrogens is 240 g/mol. The summed E-state index contributed by atoms with van der Waals surface area (Å²) in [4.78, 5) is 11.6. The highest BCUT2D eigenvalue weighted by molar-refractivity contribution is 5.89. The van der Waals surface area contributed by atoms with E-state index >= 15 is 0 Å². The molecule has 0 saturated carbocycles. The minimum Gasteiger partial charge on any atom is -0.381 e. The van der Waals surface area contributed by atoms with E-state index in [1.165, 1.54) is 6.42 Å². The maximum absolute atomic E-state index is 11.6. The average Bonchev–Trinajstić information content (AvgIpc) is 2.46. The van der Waals surface area contributed by atoms with Crippen molar-refractivity contribution in [2.75, 3.05) is 25.1 Å². The first kappa shape index (κ1) is 13.9. The Morgan fingerprint density at radius 3 is 2.68 bits per heavy atom. The molecule has 1 aromatic rings. The van der Waals surface area contributed by atoms with Gasteiger partial charge < -0.3 is 15.4 Å². The average molecular weight is 262 g/mol. The van der Waals surface area contributed by atoms with Crippen LogP contribution in [0.15, 0.2) is 30.3 Å². The van der Waals surface area contributed by atoms with Crippen LogP contribution < -0.4 is 10.6 Å². The third-order valence-electron chi connectivity index (χ3n) is 3.45. The standard InChI is InChI=1S/C15H22N2O2/c18-15(17-14-6-2-1-3-7-14)16-10-4-5-13-8-11-19-12-9-13/h1-3,6-7,13H,4-5,8-12H2,(H2,16,17,18). The highest BCUT2D eigenvalue weighted by atomic mass is 16.5. The Labute approximate surface area is 114 Å². The molecule has 104 valence electrons. The number of rotatable bonds is 5. The van der Waals surface area contributed by atoms with E-state index in [-0.39, 0.29) is 6.03 Å². The molecule has 2 rings (SSSR count). The van der Waals surface area contributed by atoms with E-state index in [4.69, 9.17) is 4.74 Å². The van der Waals surface area contributed by atoms with Crippen LogP contribution in [0.4, 0.5) is 10.5 Å². The largest absolute Gasteiger partial charge is 0.381 e. The van der Waals surface area contributed by atoms with E-state index < -0.39 is 0 Å². The smallest absolute Gasteiger partial charge is 0.319 e. The van der Waals surface area contributed by atoms with Crippen molar-refractivity contribution in [3.63, 3.8) is 0 Å². The SMILES string of the molecule is O=C(NCCCC1CCOCC1)Nc1ccccc1. The first-order chi connectivity index (χ1) is 9.34. The number of ether oxygens (including phenoxy) is 1. The van der Waals surface area contributed by atoms with Crippen molar-refractivity contribution in [2.45, 2.75) is 25.7 Å². The highest BCUT2D eigenvalue weighted by Crippen LogP contribution is 2.19. The molecule has 1 aliphatic heterocycles. The molecule has 0 bridgehead atoms. The number of amides is 2. The van der Waals surface area contributed by atoms with Gasteiger partial charge in [-0.1, -0.05) is 18.2 Å². The molecule has 0 spiro atoms. The summed E-state index contributed by atoms with van der Waals surface area (Å²) in [7, 11) is 0. The van der Waals surface area contributed by atoms with Gasteiger partial charge in [-0.15, -0.1) is 0 Å². The van der Waals surface area contributed by atoms with Crippen LogP contribution in [-0.4, -0.2) is 25.8 Å². The third kappa shape index (κ3) is 5.30. The number of anilines is 1. The lowest BCUT2D eigenvalue weighted by Gasteiger charge is -2.21. The van der Waals surface area contributed by atoms with Gasteiger partial charge in [-0.25, -0.2) is 4.79 Å². The predicted molar refractivity (Wildman–Crippen MR) is 76.2 cm³/mol. The molecule has 1 heterocycles. The van der Waals surface area contributed by atoms with E-state index in [9.17, 15) is 4.79 Å². The molecule has 0 atom stereocenters. The Bertz CT molecular complexity index is 375. The molecule has 4 heteroatoms. The summed E-state index contributed by atoms with van der Waals surface area (Å²) >= 11 is 0. The van der Waals surface area contributed by atoms with Gasteiger partial charge >= 0.3 is 6.03 Å². The maximum atomic E-state index is 11.6. The summed E-state index contributed by atoms with van der Waals surface area (Å²) in [6.45, 7) is 2.52. The van der Waals surface area contributed by atoms with Gasteiger partial charge in [0.15, 0.2) is 0 Å². The van der Waals surface area contributed by atoms with Crippen LogP contribution in [0.25, 0.3) is 0 Å². The lowest BCUT2D eigenvalue weighted by atomic mass is 9.95. The van der Waals surface area contributed by atoms with Crippen LogP contribution >= 0.6 is 0 Å². The Morgan fingerprint density at radius 2 is 1.95 bits per heavy atom. The molecule has 1 fully saturated rings. The lowest BCUT2D eigenvalue weighted by Crippen LogP contribution is -2.30. The van der Waals surface area contributed by atoms with E-state index in [0.29, 0.717) is 0 Å². The summed E-state index contributed by atoms with van der Waals surface area (Å²) in [5.74, 6) is 0.771. The van der Waals surface area contributed by atoms with Gasteiger partial charge in [-0.05, 0) is 43.7 Å². The minimum absolute atomic E-state index is 0.127. The van der Waals surface area contributed by atoms with Crippen LogP contribution in [-0.2, 0) is 4.74 Å². The van der Waals surface area contributed by atoms with Crippen molar-refractivity contribution in [1.29, 1.82) is 0 Å². The van der Waals surface area contributed by atoms with Crippen molar-refractivity contribution in [3.8, 4) is 0 Å². The fraction of sp³-hybridized carbons (Fsp3) is 0.533. The van der Waals surface area contributed by atoms with Gasteiger partial charge in [-0.3, -0.25) is 0 Å². The fourth-order valence-corrected chi connectivity index (χ4v) is 2.32. The third-order valence-corrected chi connectivity index (χ3v) is 3.45. The fourth-order valence-electron chi connectivity index (χ4n) is 2.32. The number of benzene rings is 1. The Morgan fingerprint density at radius 1 is 1.21 bits per heavy atom. The van der Waals surface area contributed by atoms with Crippen molar-refractivity contribution in [3.05, 3.63) is 30.3 Å². The number of carbonyl (C=O) groups is 1. The number of hydrogen-bond acceptors (Lipinski definition) is 2. The second kappa shape index (κ2) is 7.79. The number of carbonyl (C=O) groups excluding carboxylic acids is 1. The number of hydrogen-bond donors (Lipinski definition) is 2. The van der Waals surface area contributed by atoms with Crippen LogP contribution in [0.5, 0.6) is 0 Å². The van der Waals surface area contributed by atoms with Crippen LogP contribution in [0, 0.1) is 5.92 Å². The Hall–Kier alpha value is -1.55. The second-order valence-corrected chi connectivity index (χ2v) is 4.94. The molecule has 0 radical (unpaired) electrons. The first-order valence-corrected chi connectivity index (χ1v) is 7.02. The zero-order valence-electron chi connectivity index (χ0n) is 11.2. The Balaban J connectivity index is 1.56. The summed E-state index contributed by atoms with van der Waals surface area (Å²) in [6, 6.07) is 9.36. The zero-order chi connectivity index (χ0) is 13.3. The summed E-state index contributed by atoms with van der Waals surface area (Å²) in [6.07, 6.45) is 4.54. The van der Waals surface area contributed by atoms with Crippen LogP contribution in [0.1, 0.15) is 25.7 Å². The monoisotopic (exact) mass is 262 g/mol. The van der Waals surface area contributed by atoms with Crippen molar-refractivity contribution in [1.82, 2.24) is 5.32 Å². The van der Waals surface area contributed by atoms with Gasteiger partial charge in [0.05, 0.1) is 0 Å². The quantitative estimate of drug-likeness (QED) is 0.801. The van der Waals surface area contributed by atoms with E-state index in [1.54, 1.807) is 0 Å². The van der Waals surface area contributed by atoms with E-state index in [1.807, 2.05) is 30.3 Å². The molecule has 0 aliphatic carbocycles. The normalized spacial score (nSPS) is 16.0. The molecule has 2 amide bonds. The summed E-state index contributed by atoms with van der Waals surface area (Å²) in [5.41, 5.74) is 0.824. The molecule has 19 heavy (non-hydrogen) atoms. The van der Waals surface area contributed by atoms with E-state index in [2.05, 4.69) is 10.6 Å². The Kier molecular flexibility index (Phi) is 5.69. The molecule has 0 aromatic heterocycles. The van der Waals surface area contributed by atoms with Gasteiger partial charge in [0, 0.05) is 25.4 Å². The molecule has 1 aliphatic rings. The van der Waals surface area contributed by atoms with Gasteiger partial charge in [0.1, 0.15) is 0 Å². The summed E-state index contributed by atoms with van der Waals surface area (Å²) < 4.78 is 5.33. The molecule has 0 unspecified atom stereocenters. The summed E-state index contributed by atoms with van der Waals surface area (Å²) in [5, 5.41) is 5.70. The van der Waals surface area contributed by atoms with Gasteiger partial charge in [-0.2, -0.15) is 0 Å². The van der Waals surface area contributed by atoms with Crippen molar-refractivity contribution in [2.24, 2.45) is 5.92 Å². The lowest BCUT2D eigenvalue weighted by molar-refractivity contribution is 0.0634. The van der Waals surface area contributed by atoms with Crippen molar-refractivity contribution >= 4 is 11.7 Å². The maximum Gasteiger partial charge on any atom is 0.319 e. The number of para-hydroxylation sites is 1. The first-order valence-electron chi connectivity index (χ1n) is 7.02. The second-order valence-electron chi connectivity index (χ2n) is 4.94. The number of nitrogens with one attached hydrogen (secondary N) is 2. The van der Waals surface area contributed by atoms with Gasteiger partial charge in [0.2, 0.25) is 0 Å². The van der Waals surface area contributed by atoms with Crippen LogP contribution in [0.3, 0.4) is 0 Å².